The van der Waals surface area contributed by atoms with Crippen LogP contribution in [0.4, 0.5) is 4.39 Å². The molecule has 0 aromatic heterocycles. The van der Waals surface area contributed by atoms with Crippen molar-refractivity contribution in [2.45, 2.75) is 25.8 Å². The van der Waals surface area contributed by atoms with Crippen LogP contribution in [0.25, 0.3) is 0 Å². The second-order valence-corrected chi connectivity index (χ2v) is 6.86. The lowest BCUT2D eigenvalue weighted by Gasteiger charge is -2.37. The summed E-state index contributed by atoms with van der Waals surface area (Å²) < 4.78 is 19.3. The number of carbonyl (C=O) groups is 1. The number of carboxylic acids is 1. The van der Waals surface area contributed by atoms with Crippen LogP contribution in [0.5, 0.6) is 5.75 Å². The summed E-state index contributed by atoms with van der Waals surface area (Å²) in [6, 6.07) is 13.2. The van der Waals surface area contributed by atoms with Gasteiger partial charge >= 0.3 is 5.97 Å². The zero-order valence-corrected chi connectivity index (χ0v) is 15.1. The Labute approximate surface area is 153 Å². The number of aliphatic carboxylic acids is 1. The molecule has 2 aromatic rings. The molecule has 1 unspecified atom stereocenters. The summed E-state index contributed by atoms with van der Waals surface area (Å²) in [5.41, 5.74) is 3.09. The number of hydrogen-bond acceptors (Lipinski definition) is 3. The van der Waals surface area contributed by atoms with E-state index in [0.717, 1.165) is 16.7 Å². The van der Waals surface area contributed by atoms with Gasteiger partial charge < -0.3 is 9.84 Å². The van der Waals surface area contributed by atoms with Crippen molar-refractivity contribution in [3.63, 3.8) is 0 Å². The quantitative estimate of drug-likeness (QED) is 0.878. The summed E-state index contributed by atoms with van der Waals surface area (Å²) in [5, 5.41) is 9.24. The van der Waals surface area contributed by atoms with Crippen molar-refractivity contribution in [1.82, 2.24) is 4.90 Å². The maximum absolute atomic E-state index is 14.3. The summed E-state index contributed by atoms with van der Waals surface area (Å²) in [7, 11) is 1.45. The molecule has 0 amide bonds. The van der Waals surface area contributed by atoms with Crippen molar-refractivity contribution < 1.29 is 19.0 Å². The first-order chi connectivity index (χ1) is 12.5. The van der Waals surface area contributed by atoms with Gasteiger partial charge in [0.1, 0.15) is 0 Å². The monoisotopic (exact) mass is 357 g/mol. The number of piperidine rings is 1. The first kappa shape index (κ1) is 18.4. The van der Waals surface area contributed by atoms with Crippen molar-refractivity contribution >= 4 is 5.97 Å². The van der Waals surface area contributed by atoms with E-state index in [1.165, 1.54) is 13.2 Å². The highest BCUT2D eigenvalue weighted by Gasteiger charge is 2.30. The molecule has 0 bridgehead atoms. The van der Waals surface area contributed by atoms with E-state index < -0.39 is 5.97 Å². The largest absolute Gasteiger partial charge is 0.494 e. The number of halogens is 1. The molecule has 5 heteroatoms. The molecule has 1 fully saturated rings. The molecule has 3 rings (SSSR count). The minimum atomic E-state index is -0.730. The lowest BCUT2D eigenvalue weighted by Crippen LogP contribution is -2.39. The molecule has 4 nitrogen and oxygen atoms in total. The molecule has 0 spiro atoms. The van der Waals surface area contributed by atoms with Gasteiger partial charge in [-0.3, -0.25) is 9.69 Å². The Morgan fingerprint density at radius 3 is 2.31 bits per heavy atom. The average molecular weight is 357 g/mol. The number of ether oxygens (including phenoxy) is 1. The molecule has 1 atom stereocenters. The second-order valence-electron chi connectivity index (χ2n) is 6.86. The van der Waals surface area contributed by atoms with Gasteiger partial charge in [-0.25, -0.2) is 4.39 Å². The molecular formula is C21H24FNO3. The fourth-order valence-corrected chi connectivity index (χ4v) is 3.62. The minimum absolute atomic E-state index is 0.106. The molecule has 1 N–H and O–H groups in total. The van der Waals surface area contributed by atoms with Gasteiger partial charge in [-0.15, -0.1) is 0 Å². The van der Waals surface area contributed by atoms with Gasteiger partial charge in [0, 0.05) is 0 Å². The number of benzene rings is 2. The Morgan fingerprint density at radius 2 is 1.77 bits per heavy atom. The lowest BCUT2D eigenvalue weighted by molar-refractivity contribution is -0.143. The predicted octanol–water partition coefficient (Wildman–Crippen LogP) is 4.03. The molecule has 1 aliphatic heterocycles. The molecule has 0 radical (unpaired) electrons. The third-order valence-corrected chi connectivity index (χ3v) is 5.13. The molecule has 1 aliphatic rings. The zero-order valence-electron chi connectivity index (χ0n) is 15.1. The molecule has 26 heavy (non-hydrogen) atoms. The summed E-state index contributed by atoms with van der Waals surface area (Å²) >= 11 is 0. The Hall–Kier alpha value is -2.40. The van der Waals surface area contributed by atoms with Crippen molar-refractivity contribution in [2.24, 2.45) is 5.92 Å². The lowest BCUT2D eigenvalue weighted by atomic mass is 9.91. The second kappa shape index (κ2) is 7.87. The molecule has 1 heterocycles. The molecule has 1 saturated heterocycles. The summed E-state index contributed by atoms with van der Waals surface area (Å²) in [6.07, 6.45) is 1.21. The van der Waals surface area contributed by atoms with Crippen LogP contribution >= 0.6 is 0 Å². The highest BCUT2D eigenvalue weighted by atomic mass is 19.1. The topological polar surface area (TPSA) is 49.8 Å². The van der Waals surface area contributed by atoms with E-state index >= 15 is 0 Å². The van der Waals surface area contributed by atoms with Gasteiger partial charge in [-0.1, -0.05) is 35.9 Å². The van der Waals surface area contributed by atoms with Crippen molar-refractivity contribution in [1.29, 1.82) is 0 Å². The smallest absolute Gasteiger partial charge is 0.306 e. The number of aryl methyl sites for hydroxylation is 1. The number of rotatable bonds is 5. The van der Waals surface area contributed by atoms with Crippen LogP contribution in [0.1, 0.15) is 35.6 Å². The molecule has 138 valence electrons. The normalized spacial score (nSPS) is 17.0. The Kier molecular flexibility index (Phi) is 5.57. The van der Waals surface area contributed by atoms with E-state index in [9.17, 15) is 14.3 Å². The number of methoxy groups -OCH3 is 1. The first-order valence-electron chi connectivity index (χ1n) is 8.86. The third kappa shape index (κ3) is 3.88. The number of hydrogen-bond donors (Lipinski definition) is 1. The highest BCUT2D eigenvalue weighted by molar-refractivity contribution is 5.70. The Balaban J connectivity index is 1.93. The zero-order chi connectivity index (χ0) is 18.7. The van der Waals surface area contributed by atoms with Crippen LogP contribution in [0.15, 0.2) is 42.5 Å². The molecular weight excluding hydrogens is 333 g/mol. The number of carboxylic acid groups (broad SMARTS) is 1. The number of nitrogens with zero attached hydrogens (tertiary/aromatic N) is 1. The highest BCUT2D eigenvalue weighted by Crippen LogP contribution is 2.34. The predicted molar refractivity (Wildman–Crippen MR) is 97.9 cm³/mol. The first-order valence-corrected chi connectivity index (χ1v) is 8.86. The van der Waals surface area contributed by atoms with Crippen molar-refractivity contribution in [2.75, 3.05) is 20.2 Å². The van der Waals surface area contributed by atoms with E-state index in [4.69, 9.17) is 4.74 Å². The fourth-order valence-electron chi connectivity index (χ4n) is 3.62. The van der Waals surface area contributed by atoms with Gasteiger partial charge in [0.15, 0.2) is 11.6 Å². The van der Waals surface area contributed by atoms with E-state index in [0.29, 0.717) is 25.9 Å². The summed E-state index contributed by atoms with van der Waals surface area (Å²) in [4.78, 5) is 13.5. The minimum Gasteiger partial charge on any atom is -0.494 e. The molecule has 0 aliphatic carbocycles. The molecule has 0 saturated carbocycles. The summed E-state index contributed by atoms with van der Waals surface area (Å²) in [5.74, 6) is -1.19. The van der Waals surface area contributed by atoms with Crippen LogP contribution in [0, 0.1) is 18.7 Å². The Bertz CT molecular complexity index is 767. The SMILES string of the molecule is COc1ccc(C(c2ccc(C)cc2)N2CCC(C(=O)O)CC2)cc1F. The molecule has 2 aromatic carbocycles. The van der Waals surface area contributed by atoms with Crippen LogP contribution in [0.2, 0.25) is 0 Å². The van der Waals surface area contributed by atoms with E-state index in [-0.39, 0.29) is 23.5 Å². The fraction of sp³-hybridized carbons (Fsp3) is 0.381. The Morgan fingerprint density at radius 1 is 1.15 bits per heavy atom. The van der Waals surface area contributed by atoms with Gasteiger partial charge in [-0.05, 0) is 56.1 Å². The third-order valence-electron chi connectivity index (χ3n) is 5.13. The maximum atomic E-state index is 14.3. The van der Waals surface area contributed by atoms with Gasteiger partial charge in [0.25, 0.3) is 0 Å². The van der Waals surface area contributed by atoms with Gasteiger partial charge in [0.05, 0.1) is 19.1 Å². The average Bonchev–Trinajstić information content (AvgIpc) is 2.64. The van der Waals surface area contributed by atoms with Crippen LogP contribution in [-0.2, 0) is 4.79 Å². The van der Waals surface area contributed by atoms with Gasteiger partial charge in [-0.2, -0.15) is 0 Å². The maximum Gasteiger partial charge on any atom is 0.306 e. The van der Waals surface area contributed by atoms with E-state index in [1.54, 1.807) is 6.07 Å². The van der Waals surface area contributed by atoms with E-state index in [2.05, 4.69) is 17.0 Å². The van der Waals surface area contributed by atoms with Gasteiger partial charge in [0.2, 0.25) is 0 Å². The standard InChI is InChI=1S/C21H24FNO3/c1-14-3-5-15(6-4-14)20(17-7-8-19(26-2)18(22)13-17)23-11-9-16(10-12-23)21(24)25/h3-8,13,16,20H,9-12H2,1-2H3,(H,24,25). The van der Waals surface area contributed by atoms with Crippen molar-refractivity contribution in [3.05, 3.63) is 65.0 Å². The van der Waals surface area contributed by atoms with Crippen LogP contribution in [0.3, 0.4) is 0 Å². The summed E-state index contributed by atoms with van der Waals surface area (Å²) in [6.45, 7) is 3.37. The van der Waals surface area contributed by atoms with Crippen LogP contribution in [-0.4, -0.2) is 36.2 Å². The van der Waals surface area contributed by atoms with Crippen LogP contribution < -0.4 is 4.74 Å². The number of likely N-dealkylation sites (tertiary alicyclic amines) is 1. The van der Waals surface area contributed by atoms with Crippen molar-refractivity contribution in [3.8, 4) is 5.75 Å². The van der Waals surface area contributed by atoms with E-state index in [1.807, 2.05) is 25.1 Å².